The third kappa shape index (κ3) is 38.2. The molecule has 0 aliphatic carbocycles. The number of nitrogens with one attached hydrogen (secondary N) is 1. The van der Waals surface area contributed by atoms with Crippen molar-refractivity contribution < 1.29 is 22.9 Å². The Labute approximate surface area is 319 Å². The van der Waals surface area contributed by atoms with Gasteiger partial charge in [-0.2, -0.15) is 8.42 Å². The summed E-state index contributed by atoms with van der Waals surface area (Å²) in [4.78, 5) is 12.5. The van der Waals surface area contributed by atoms with Gasteiger partial charge >= 0.3 is 0 Å². The molecule has 1 amide bonds. The van der Waals surface area contributed by atoms with E-state index in [2.05, 4.69) is 110 Å². The topological polar surface area (TPSA) is 104 Å². The fourth-order valence-electron chi connectivity index (χ4n) is 5.22. The molecule has 6 nitrogen and oxygen atoms in total. The SMILES string of the molecule is CC/C=C\C/C=C\C/C=C\C/C=C\C/C=C\C/C=C\C/C=C\CCCC(=O)NC(CS(=O)(=O)O)C(O)/C=C/CC/C=C/CCCCCCCCCC. The van der Waals surface area contributed by atoms with Crippen molar-refractivity contribution in [2.75, 3.05) is 5.75 Å². The molecular weight excluding hydrogens is 667 g/mol. The molecule has 0 aliphatic heterocycles. The van der Waals surface area contributed by atoms with Crippen LogP contribution in [0.4, 0.5) is 0 Å². The molecule has 0 heterocycles. The summed E-state index contributed by atoms with van der Waals surface area (Å²) in [6.07, 6.45) is 57.9. The average Bonchev–Trinajstić information content (AvgIpc) is 3.11. The van der Waals surface area contributed by atoms with Gasteiger partial charge in [-0.1, -0.05) is 168 Å². The number of unbranched alkanes of at least 4 members (excludes halogenated alkanes) is 10. The first-order chi connectivity index (χ1) is 25.3. The smallest absolute Gasteiger partial charge is 0.267 e. The molecule has 2 atom stereocenters. The minimum Gasteiger partial charge on any atom is -0.387 e. The first kappa shape index (κ1) is 49.0. The Hall–Kier alpha value is -3.00. The molecule has 7 heteroatoms. The maximum atomic E-state index is 12.5. The summed E-state index contributed by atoms with van der Waals surface area (Å²) in [5.74, 6) is -1.09. The number of allylic oxidation sites excluding steroid dienone is 17. The summed E-state index contributed by atoms with van der Waals surface area (Å²) in [6, 6.07) is -1.11. The van der Waals surface area contributed by atoms with Crippen LogP contribution in [-0.2, 0) is 14.9 Å². The second-order valence-electron chi connectivity index (χ2n) is 13.2. The van der Waals surface area contributed by atoms with E-state index in [1.54, 1.807) is 6.08 Å². The summed E-state index contributed by atoms with van der Waals surface area (Å²) < 4.78 is 32.4. The van der Waals surface area contributed by atoms with E-state index in [1.165, 1.54) is 57.4 Å². The van der Waals surface area contributed by atoms with Gasteiger partial charge in [-0.15, -0.1) is 0 Å². The molecule has 0 aromatic heterocycles. The number of carbonyl (C=O) groups excluding carboxylic acids is 1. The molecule has 0 bridgehead atoms. The predicted molar refractivity (Wildman–Crippen MR) is 225 cm³/mol. The molecule has 0 spiro atoms. The van der Waals surface area contributed by atoms with Crippen LogP contribution < -0.4 is 5.32 Å². The third-order valence-corrected chi connectivity index (χ3v) is 8.96. The quantitative estimate of drug-likeness (QED) is 0.0346. The fourth-order valence-corrected chi connectivity index (χ4v) is 5.95. The van der Waals surface area contributed by atoms with Crippen molar-refractivity contribution >= 4 is 16.0 Å². The molecule has 0 rings (SSSR count). The van der Waals surface area contributed by atoms with Crippen LogP contribution in [0.2, 0.25) is 0 Å². The fraction of sp³-hybridized carbons (Fsp3) is 0.578. The number of hydrogen-bond acceptors (Lipinski definition) is 4. The first-order valence-electron chi connectivity index (χ1n) is 20.1. The number of rotatable bonds is 34. The minimum absolute atomic E-state index is 0.201. The van der Waals surface area contributed by atoms with E-state index in [0.717, 1.165) is 57.8 Å². The third-order valence-electron chi connectivity index (χ3n) is 8.18. The molecule has 2 unspecified atom stereocenters. The minimum atomic E-state index is -4.38. The second kappa shape index (κ2) is 37.7. The monoisotopic (exact) mass is 740 g/mol. The van der Waals surface area contributed by atoms with Crippen LogP contribution in [0, 0.1) is 0 Å². The van der Waals surface area contributed by atoms with Gasteiger partial charge in [0.15, 0.2) is 0 Å². The standard InChI is InChI=1S/C45H73NO5S/c1-3-5-7-9-11-13-15-17-19-20-21-22-23-24-25-26-27-29-31-33-35-37-39-41-45(48)46-43(42-52(49,50)51)44(47)40-38-36-34-32-30-28-18-16-14-12-10-8-6-4-2/h5,7,11,13,17,19,21-22,24-25,27,29-30,32-33,35,38,40,43-44,47H,3-4,6,8-10,12,14-16,18,20,23,26,28,31,34,36-37,39,41-42H2,1-2H3,(H,46,48)(H,49,50,51)/b7-5-,13-11-,19-17-,22-21-,25-24-,29-27-,32-30+,35-33-,40-38+. The Morgan fingerprint density at radius 3 is 1.44 bits per heavy atom. The van der Waals surface area contributed by atoms with Gasteiger partial charge in [0, 0.05) is 6.42 Å². The molecule has 3 N–H and O–H groups in total. The van der Waals surface area contributed by atoms with Gasteiger partial charge in [-0.25, -0.2) is 0 Å². The van der Waals surface area contributed by atoms with Crippen molar-refractivity contribution in [3.63, 3.8) is 0 Å². The molecule has 52 heavy (non-hydrogen) atoms. The van der Waals surface area contributed by atoms with Crippen molar-refractivity contribution in [2.24, 2.45) is 0 Å². The van der Waals surface area contributed by atoms with Crippen LogP contribution in [0.1, 0.15) is 149 Å². The average molecular weight is 740 g/mol. The van der Waals surface area contributed by atoms with Gasteiger partial charge in [0.05, 0.1) is 17.9 Å². The Kier molecular flexibility index (Phi) is 35.6. The highest BCUT2D eigenvalue weighted by molar-refractivity contribution is 7.85. The number of amides is 1. The molecule has 0 aliphatic rings. The first-order valence-corrected chi connectivity index (χ1v) is 21.7. The zero-order valence-electron chi connectivity index (χ0n) is 32.6. The summed E-state index contributed by atoms with van der Waals surface area (Å²) >= 11 is 0. The second-order valence-corrected chi connectivity index (χ2v) is 14.7. The summed E-state index contributed by atoms with van der Waals surface area (Å²) in [5.41, 5.74) is 0. The zero-order chi connectivity index (χ0) is 38.2. The van der Waals surface area contributed by atoms with E-state index in [-0.39, 0.29) is 12.3 Å². The Morgan fingerprint density at radius 1 is 0.538 bits per heavy atom. The van der Waals surface area contributed by atoms with Gasteiger partial charge in [0.2, 0.25) is 5.91 Å². The van der Waals surface area contributed by atoms with E-state index in [4.69, 9.17) is 0 Å². The largest absolute Gasteiger partial charge is 0.387 e. The van der Waals surface area contributed by atoms with Crippen LogP contribution in [0.5, 0.6) is 0 Å². The lowest BCUT2D eigenvalue weighted by molar-refractivity contribution is -0.122. The van der Waals surface area contributed by atoms with Crippen molar-refractivity contribution in [3.05, 3.63) is 109 Å². The highest BCUT2D eigenvalue weighted by Gasteiger charge is 2.24. The van der Waals surface area contributed by atoms with Crippen molar-refractivity contribution in [1.82, 2.24) is 5.32 Å². The Morgan fingerprint density at radius 2 is 0.942 bits per heavy atom. The molecule has 0 radical (unpaired) electrons. The number of aliphatic hydroxyl groups excluding tert-OH is 1. The summed E-state index contributed by atoms with van der Waals surface area (Å²) in [6.45, 7) is 4.39. The lowest BCUT2D eigenvalue weighted by atomic mass is 10.1. The maximum absolute atomic E-state index is 12.5. The van der Waals surface area contributed by atoms with Crippen LogP contribution in [0.25, 0.3) is 0 Å². The number of hydrogen-bond donors (Lipinski definition) is 3. The van der Waals surface area contributed by atoms with E-state index in [1.807, 2.05) is 6.08 Å². The van der Waals surface area contributed by atoms with E-state index in [9.17, 15) is 22.9 Å². The normalized spacial score (nSPS) is 14.5. The Bertz CT molecular complexity index is 1220. The van der Waals surface area contributed by atoms with Crippen LogP contribution in [0.3, 0.4) is 0 Å². The molecular formula is C45H73NO5S. The van der Waals surface area contributed by atoms with Crippen LogP contribution in [-0.4, -0.2) is 41.9 Å². The molecule has 0 saturated heterocycles. The zero-order valence-corrected chi connectivity index (χ0v) is 33.4. The lowest BCUT2D eigenvalue weighted by Crippen LogP contribution is -2.46. The van der Waals surface area contributed by atoms with Gasteiger partial charge in [0.1, 0.15) is 0 Å². The van der Waals surface area contributed by atoms with E-state index < -0.39 is 28.0 Å². The van der Waals surface area contributed by atoms with E-state index in [0.29, 0.717) is 19.3 Å². The van der Waals surface area contributed by atoms with Crippen LogP contribution >= 0.6 is 0 Å². The van der Waals surface area contributed by atoms with Crippen molar-refractivity contribution in [1.29, 1.82) is 0 Å². The highest BCUT2D eigenvalue weighted by atomic mass is 32.2. The highest BCUT2D eigenvalue weighted by Crippen LogP contribution is 2.10. The number of carbonyl (C=O) groups is 1. The van der Waals surface area contributed by atoms with Gasteiger partial charge in [-0.05, 0) is 83.5 Å². The van der Waals surface area contributed by atoms with Crippen molar-refractivity contribution in [3.8, 4) is 0 Å². The summed E-state index contributed by atoms with van der Waals surface area (Å²) in [7, 11) is -4.38. The van der Waals surface area contributed by atoms with Crippen molar-refractivity contribution in [2.45, 2.75) is 161 Å². The maximum Gasteiger partial charge on any atom is 0.267 e. The van der Waals surface area contributed by atoms with Crippen LogP contribution in [0.15, 0.2) is 109 Å². The molecule has 0 fully saturated rings. The molecule has 0 aromatic rings. The molecule has 0 aromatic carbocycles. The van der Waals surface area contributed by atoms with Gasteiger partial charge in [-0.3, -0.25) is 9.35 Å². The number of aliphatic hydroxyl groups is 1. The lowest BCUT2D eigenvalue weighted by Gasteiger charge is -2.21. The Balaban J connectivity index is 4.14. The predicted octanol–water partition coefficient (Wildman–Crippen LogP) is 12.0. The summed E-state index contributed by atoms with van der Waals surface area (Å²) in [5, 5.41) is 13.1. The van der Waals surface area contributed by atoms with Gasteiger partial charge < -0.3 is 10.4 Å². The van der Waals surface area contributed by atoms with E-state index >= 15 is 0 Å². The molecule has 294 valence electrons. The molecule has 0 saturated carbocycles. The van der Waals surface area contributed by atoms with Gasteiger partial charge in [0.25, 0.3) is 10.1 Å².